The monoisotopic (exact) mass is 387 g/mol. The summed E-state index contributed by atoms with van der Waals surface area (Å²) in [6.45, 7) is 1.82. The summed E-state index contributed by atoms with van der Waals surface area (Å²) in [4.78, 5) is 6.35. The van der Waals surface area contributed by atoms with Gasteiger partial charge >= 0.3 is 0 Å². The Morgan fingerprint density at radius 3 is 2.18 bits per heavy atom. The zero-order valence-corrected chi connectivity index (χ0v) is 17.2. The fourth-order valence-electron chi connectivity index (χ4n) is 2.73. The molecule has 2 aromatic carbocycles. The minimum Gasteiger partial charge on any atom is -0.493 e. The maximum Gasteiger partial charge on any atom is 0.203 e. The number of hydrogen-bond acceptors (Lipinski definition) is 5. The number of para-hydroxylation sites is 1. The van der Waals surface area contributed by atoms with E-state index in [4.69, 9.17) is 18.9 Å². The first-order chi connectivity index (χ1) is 13.6. The molecule has 2 rings (SSSR count). The lowest BCUT2D eigenvalue weighted by Crippen LogP contribution is -2.40. The highest BCUT2D eigenvalue weighted by molar-refractivity contribution is 5.79. The van der Waals surface area contributed by atoms with E-state index in [0.717, 1.165) is 17.3 Å². The second-order valence-corrected chi connectivity index (χ2v) is 6.02. The van der Waals surface area contributed by atoms with Gasteiger partial charge in [-0.25, -0.2) is 0 Å². The van der Waals surface area contributed by atoms with E-state index in [1.165, 1.54) is 0 Å². The molecule has 0 unspecified atom stereocenters. The van der Waals surface area contributed by atoms with Crippen molar-refractivity contribution in [2.24, 2.45) is 4.99 Å². The van der Waals surface area contributed by atoms with E-state index in [-0.39, 0.29) is 0 Å². The van der Waals surface area contributed by atoms with Gasteiger partial charge in [-0.3, -0.25) is 4.99 Å². The molecule has 7 heteroatoms. The minimum absolute atomic E-state index is 0.561. The highest BCUT2D eigenvalue weighted by Crippen LogP contribution is 2.38. The number of nitrogens with zero attached hydrogens (tertiary/aromatic N) is 2. The predicted octanol–water partition coefficient (Wildman–Crippen LogP) is 2.80. The largest absolute Gasteiger partial charge is 0.493 e. The highest BCUT2D eigenvalue weighted by Gasteiger charge is 2.14. The van der Waals surface area contributed by atoms with Crippen molar-refractivity contribution in [3.8, 4) is 23.0 Å². The fraction of sp³-hybridized carbons (Fsp3) is 0.381. The predicted molar refractivity (Wildman–Crippen MR) is 111 cm³/mol. The Hall–Kier alpha value is -3.09. The SMILES string of the molecule is CN=C(NCc1cc(OC)c(OC)c(OC)c1)N(C)CCOc1ccccc1. The number of guanidine groups is 1. The van der Waals surface area contributed by atoms with Crippen molar-refractivity contribution in [2.75, 3.05) is 48.6 Å². The Kier molecular flexibility index (Phi) is 8.27. The molecule has 0 radical (unpaired) electrons. The van der Waals surface area contributed by atoms with E-state index in [9.17, 15) is 0 Å². The number of methoxy groups -OCH3 is 3. The van der Waals surface area contributed by atoms with Gasteiger partial charge in [0.15, 0.2) is 17.5 Å². The van der Waals surface area contributed by atoms with E-state index in [0.29, 0.717) is 36.9 Å². The van der Waals surface area contributed by atoms with Crippen molar-refractivity contribution in [2.45, 2.75) is 6.54 Å². The van der Waals surface area contributed by atoms with Crippen molar-refractivity contribution in [1.29, 1.82) is 0 Å². The summed E-state index contributed by atoms with van der Waals surface area (Å²) in [6, 6.07) is 13.6. The van der Waals surface area contributed by atoms with Crippen LogP contribution in [0.2, 0.25) is 0 Å². The number of hydrogen-bond donors (Lipinski definition) is 1. The molecule has 28 heavy (non-hydrogen) atoms. The van der Waals surface area contributed by atoms with E-state index in [2.05, 4.69) is 10.3 Å². The number of ether oxygens (including phenoxy) is 4. The fourth-order valence-corrected chi connectivity index (χ4v) is 2.73. The van der Waals surface area contributed by atoms with Gasteiger partial charge in [0, 0.05) is 20.6 Å². The van der Waals surface area contributed by atoms with Crippen LogP contribution in [0.5, 0.6) is 23.0 Å². The van der Waals surface area contributed by atoms with Crippen molar-refractivity contribution < 1.29 is 18.9 Å². The lowest BCUT2D eigenvalue weighted by Gasteiger charge is -2.22. The first kappa shape index (κ1) is 21.2. The molecule has 0 spiro atoms. The lowest BCUT2D eigenvalue weighted by molar-refractivity contribution is 0.281. The summed E-state index contributed by atoms with van der Waals surface area (Å²) >= 11 is 0. The summed E-state index contributed by atoms with van der Waals surface area (Å²) in [6.07, 6.45) is 0. The molecule has 0 atom stereocenters. The lowest BCUT2D eigenvalue weighted by atomic mass is 10.2. The van der Waals surface area contributed by atoms with Crippen molar-refractivity contribution in [3.63, 3.8) is 0 Å². The van der Waals surface area contributed by atoms with Crippen LogP contribution in [0.15, 0.2) is 47.5 Å². The first-order valence-corrected chi connectivity index (χ1v) is 9.01. The summed E-state index contributed by atoms with van der Waals surface area (Å²) in [5, 5.41) is 3.34. The van der Waals surface area contributed by atoms with Crippen molar-refractivity contribution in [1.82, 2.24) is 10.2 Å². The molecule has 0 aliphatic carbocycles. The van der Waals surface area contributed by atoms with Crippen LogP contribution in [0.1, 0.15) is 5.56 Å². The average Bonchev–Trinajstić information content (AvgIpc) is 2.74. The van der Waals surface area contributed by atoms with Crippen LogP contribution in [0, 0.1) is 0 Å². The molecule has 1 N–H and O–H groups in total. The van der Waals surface area contributed by atoms with Crippen LogP contribution >= 0.6 is 0 Å². The molecule has 0 aliphatic heterocycles. The number of aliphatic imine (C=N–C) groups is 1. The van der Waals surface area contributed by atoms with Crippen molar-refractivity contribution in [3.05, 3.63) is 48.0 Å². The Balaban J connectivity index is 1.94. The zero-order valence-electron chi connectivity index (χ0n) is 17.2. The van der Waals surface area contributed by atoms with Gasteiger partial charge in [-0.2, -0.15) is 0 Å². The maximum atomic E-state index is 5.75. The summed E-state index contributed by atoms with van der Waals surface area (Å²) < 4.78 is 21.9. The molecule has 0 aromatic heterocycles. The van der Waals surface area contributed by atoms with E-state index in [1.807, 2.05) is 54.4 Å². The van der Waals surface area contributed by atoms with Crippen LogP contribution < -0.4 is 24.3 Å². The van der Waals surface area contributed by atoms with Gasteiger partial charge in [-0.15, -0.1) is 0 Å². The molecule has 0 amide bonds. The third kappa shape index (κ3) is 5.70. The molecule has 0 fully saturated rings. The Bertz CT molecular complexity index is 740. The quantitative estimate of drug-likeness (QED) is 0.527. The van der Waals surface area contributed by atoms with Gasteiger partial charge < -0.3 is 29.2 Å². The number of likely N-dealkylation sites (N-methyl/N-ethyl adjacent to an activating group) is 1. The molecule has 0 heterocycles. The smallest absolute Gasteiger partial charge is 0.203 e. The summed E-state index contributed by atoms with van der Waals surface area (Å²) in [5.41, 5.74) is 0.990. The second kappa shape index (κ2) is 10.9. The van der Waals surface area contributed by atoms with E-state index < -0.39 is 0 Å². The second-order valence-electron chi connectivity index (χ2n) is 6.02. The standard InChI is InChI=1S/C21H29N3O4/c1-22-21(24(2)11-12-28-17-9-7-6-8-10-17)23-15-16-13-18(25-3)20(27-5)19(14-16)26-4/h6-10,13-14H,11-12,15H2,1-5H3,(H,22,23). The third-order valence-corrected chi connectivity index (χ3v) is 4.19. The van der Waals surface area contributed by atoms with Crippen LogP contribution in [0.4, 0.5) is 0 Å². The van der Waals surface area contributed by atoms with E-state index >= 15 is 0 Å². The Morgan fingerprint density at radius 1 is 1.00 bits per heavy atom. The first-order valence-electron chi connectivity index (χ1n) is 9.01. The molecule has 0 saturated heterocycles. The van der Waals surface area contributed by atoms with Crippen molar-refractivity contribution >= 4 is 5.96 Å². The van der Waals surface area contributed by atoms with Gasteiger partial charge in [-0.05, 0) is 29.8 Å². The summed E-state index contributed by atoms with van der Waals surface area (Å²) in [5.74, 6) is 3.45. The number of rotatable bonds is 9. The topological polar surface area (TPSA) is 64.6 Å². The number of benzene rings is 2. The zero-order chi connectivity index (χ0) is 20.4. The van der Waals surface area contributed by atoms with Gasteiger partial charge in [0.25, 0.3) is 0 Å². The van der Waals surface area contributed by atoms with Gasteiger partial charge in [0.05, 0.1) is 27.9 Å². The van der Waals surface area contributed by atoms with Gasteiger partial charge in [0.2, 0.25) is 5.75 Å². The molecular weight excluding hydrogens is 358 g/mol. The molecule has 2 aromatic rings. The number of nitrogens with one attached hydrogen (secondary N) is 1. The molecule has 7 nitrogen and oxygen atoms in total. The Morgan fingerprint density at radius 2 is 1.64 bits per heavy atom. The average molecular weight is 387 g/mol. The minimum atomic E-state index is 0.561. The maximum absolute atomic E-state index is 5.75. The molecule has 152 valence electrons. The normalized spacial score (nSPS) is 11.0. The molecule has 0 saturated carbocycles. The van der Waals surface area contributed by atoms with Crippen LogP contribution in [-0.2, 0) is 6.54 Å². The van der Waals surface area contributed by atoms with E-state index in [1.54, 1.807) is 28.4 Å². The Labute approximate surface area is 166 Å². The van der Waals surface area contributed by atoms with Gasteiger partial charge in [0.1, 0.15) is 12.4 Å². The molecular formula is C21H29N3O4. The summed E-state index contributed by atoms with van der Waals surface area (Å²) in [7, 11) is 8.53. The van der Waals surface area contributed by atoms with Gasteiger partial charge in [-0.1, -0.05) is 18.2 Å². The van der Waals surface area contributed by atoms with Crippen LogP contribution in [0.25, 0.3) is 0 Å². The van der Waals surface area contributed by atoms with Crippen LogP contribution in [0.3, 0.4) is 0 Å². The molecule has 0 aliphatic rings. The van der Waals surface area contributed by atoms with Crippen LogP contribution in [-0.4, -0.2) is 59.4 Å². The third-order valence-electron chi connectivity index (χ3n) is 4.19. The molecule has 0 bridgehead atoms. The highest BCUT2D eigenvalue weighted by atomic mass is 16.5.